The van der Waals surface area contributed by atoms with Crippen LogP contribution in [0, 0.1) is 0 Å². The highest BCUT2D eigenvalue weighted by molar-refractivity contribution is 7.88. The maximum Gasteiger partial charge on any atom is 0.241 e. The number of piperazine rings is 1. The zero-order valence-electron chi connectivity index (χ0n) is 9.50. The lowest BCUT2D eigenvalue weighted by Gasteiger charge is -2.24. The van der Waals surface area contributed by atoms with Gasteiger partial charge in [0.15, 0.2) is 0 Å². The molecule has 1 aromatic carbocycles. The number of rotatable bonds is 3. The number of amides is 2. The fraction of sp³-hybridized carbons (Fsp3) is 0.273. The minimum atomic E-state index is -3.65. The lowest BCUT2D eigenvalue weighted by Crippen LogP contribution is -2.53. The van der Waals surface area contributed by atoms with Gasteiger partial charge < -0.3 is 0 Å². The van der Waals surface area contributed by atoms with E-state index in [1.807, 2.05) is 0 Å². The summed E-state index contributed by atoms with van der Waals surface area (Å²) in [6.07, 6.45) is 0. The van der Waals surface area contributed by atoms with E-state index in [0.29, 0.717) is 5.56 Å². The van der Waals surface area contributed by atoms with Crippen LogP contribution in [0.15, 0.2) is 30.3 Å². The maximum absolute atomic E-state index is 12.0. The summed E-state index contributed by atoms with van der Waals surface area (Å²) >= 11 is 0. The largest absolute Gasteiger partial charge is 0.294 e. The van der Waals surface area contributed by atoms with Gasteiger partial charge in [-0.2, -0.15) is 4.31 Å². The van der Waals surface area contributed by atoms with Crippen molar-refractivity contribution in [3.05, 3.63) is 35.9 Å². The first-order valence-corrected chi connectivity index (χ1v) is 6.93. The lowest BCUT2D eigenvalue weighted by atomic mass is 10.2. The number of sulfonamides is 1. The Balaban J connectivity index is 2.16. The summed E-state index contributed by atoms with van der Waals surface area (Å²) in [5, 5.41) is 2.06. The number of carbonyl (C=O) groups is 2. The van der Waals surface area contributed by atoms with Crippen LogP contribution in [0.2, 0.25) is 0 Å². The standard InChI is InChI=1S/C11H12N2O4S/c14-10-6-13(7-11(15)12-10)18(16,17)8-9-4-2-1-3-5-9/h1-5H,6-8H2,(H,12,14,15). The minimum Gasteiger partial charge on any atom is -0.294 e. The fourth-order valence-corrected chi connectivity index (χ4v) is 3.11. The third-order valence-electron chi connectivity index (χ3n) is 2.50. The van der Waals surface area contributed by atoms with E-state index in [0.717, 1.165) is 4.31 Å². The van der Waals surface area contributed by atoms with Crippen molar-refractivity contribution in [3.8, 4) is 0 Å². The summed E-state index contributed by atoms with van der Waals surface area (Å²) in [6, 6.07) is 8.62. The van der Waals surface area contributed by atoms with Gasteiger partial charge in [0, 0.05) is 0 Å². The zero-order chi connectivity index (χ0) is 13.2. The normalized spacial score (nSPS) is 17.6. The van der Waals surface area contributed by atoms with Crippen LogP contribution in [-0.4, -0.2) is 37.6 Å². The molecular weight excluding hydrogens is 256 g/mol. The quantitative estimate of drug-likeness (QED) is 0.747. The second-order valence-corrected chi connectivity index (χ2v) is 5.95. The molecule has 18 heavy (non-hydrogen) atoms. The molecule has 6 nitrogen and oxygen atoms in total. The molecule has 0 unspecified atom stereocenters. The fourth-order valence-electron chi connectivity index (χ4n) is 1.68. The molecule has 2 rings (SSSR count). The highest BCUT2D eigenvalue weighted by atomic mass is 32.2. The SMILES string of the molecule is O=C1CN(S(=O)(=O)Cc2ccccc2)CC(=O)N1. The van der Waals surface area contributed by atoms with Gasteiger partial charge in [0.05, 0.1) is 18.8 Å². The van der Waals surface area contributed by atoms with E-state index in [2.05, 4.69) is 5.32 Å². The second kappa shape index (κ2) is 4.87. The number of imide groups is 1. The summed E-state index contributed by atoms with van der Waals surface area (Å²) in [7, 11) is -3.65. The molecule has 0 atom stereocenters. The molecule has 0 bridgehead atoms. The monoisotopic (exact) mass is 268 g/mol. The van der Waals surface area contributed by atoms with Gasteiger partial charge >= 0.3 is 0 Å². The molecule has 2 amide bonds. The maximum atomic E-state index is 12.0. The summed E-state index contributed by atoms with van der Waals surface area (Å²) in [6.45, 7) is -0.609. The van der Waals surface area contributed by atoms with Crippen molar-refractivity contribution >= 4 is 21.8 Å². The van der Waals surface area contributed by atoms with Crippen molar-refractivity contribution in [1.29, 1.82) is 0 Å². The van der Waals surface area contributed by atoms with Crippen LogP contribution in [0.1, 0.15) is 5.56 Å². The summed E-state index contributed by atoms with van der Waals surface area (Å²) in [4.78, 5) is 22.3. The van der Waals surface area contributed by atoms with Crippen molar-refractivity contribution in [3.63, 3.8) is 0 Å². The van der Waals surface area contributed by atoms with Gasteiger partial charge in [-0.15, -0.1) is 0 Å². The van der Waals surface area contributed by atoms with E-state index in [9.17, 15) is 18.0 Å². The molecule has 1 aliphatic rings. The Morgan fingerprint density at radius 2 is 1.61 bits per heavy atom. The Morgan fingerprint density at radius 3 is 2.17 bits per heavy atom. The van der Waals surface area contributed by atoms with E-state index in [1.54, 1.807) is 30.3 Å². The van der Waals surface area contributed by atoms with Crippen molar-refractivity contribution < 1.29 is 18.0 Å². The topological polar surface area (TPSA) is 83.6 Å². The molecule has 1 saturated heterocycles. The second-order valence-electron chi connectivity index (χ2n) is 3.98. The highest BCUT2D eigenvalue weighted by Crippen LogP contribution is 2.11. The Hall–Kier alpha value is -1.73. The molecule has 0 spiro atoms. The molecule has 1 heterocycles. The summed E-state index contributed by atoms with van der Waals surface area (Å²) in [5.41, 5.74) is 0.621. The Labute approximate surface area is 105 Å². The van der Waals surface area contributed by atoms with E-state index in [-0.39, 0.29) is 18.8 Å². The number of hydrogen-bond acceptors (Lipinski definition) is 4. The first kappa shape index (κ1) is 12.7. The molecule has 0 saturated carbocycles. The van der Waals surface area contributed by atoms with Gasteiger partial charge in [0.25, 0.3) is 0 Å². The van der Waals surface area contributed by atoms with Gasteiger partial charge in [0.2, 0.25) is 21.8 Å². The Morgan fingerprint density at radius 1 is 1.06 bits per heavy atom. The Kier molecular flexibility index (Phi) is 3.44. The van der Waals surface area contributed by atoms with Crippen molar-refractivity contribution in [2.75, 3.05) is 13.1 Å². The van der Waals surface area contributed by atoms with Gasteiger partial charge in [-0.3, -0.25) is 14.9 Å². The van der Waals surface area contributed by atoms with Crippen LogP contribution in [0.3, 0.4) is 0 Å². The molecule has 0 aromatic heterocycles. The van der Waals surface area contributed by atoms with Crippen molar-refractivity contribution in [2.45, 2.75) is 5.75 Å². The highest BCUT2D eigenvalue weighted by Gasteiger charge is 2.31. The molecular formula is C11H12N2O4S. The lowest BCUT2D eigenvalue weighted by molar-refractivity contribution is -0.134. The van der Waals surface area contributed by atoms with Gasteiger partial charge in [-0.1, -0.05) is 30.3 Å². The average molecular weight is 268 g/mol. The predicted octanol–water partition coefficient (Wildman–Crippen LogP) is -0.525. The number of benzene rings is 1. The van der Waals surface area contributed by atoms with Crippen LogP contribution in [-0.2, 0) is 25.4 Å². The van der Waals surface area contributed by atoms with Crippen molar-refractivity contribution in [1.82, 2.24) is 9.62 Å². The first-order chi connectivity index (χ1) is 8.47. The summed E-state index contributed by atoms with van der Waals surface area (Å²) < 4.78 is 25.0. The number of nitrogens with zero attached hydrogens (tertiary/aromatic N) is 1. The molecule has 1 fully saturated rings. The van der Waals surface area contributed by atoms with Gasteiger partial charge in [-0.25, -0.2) is 8.42 Å². The van der Waals surface area contributed by atoms with Crippen molar-refractivity contribution in [2.24, 2.45) is 0 Å². The average Bonchev–Trinajstić information content (AvgIpc) is 2.28. The molecule has 1 N–H and O–H groups in total. The third kappa shape index (κ3) is 2.93. The van der Waals surface area contributed by atoms with Gasteiger partial charge in [-0.05, 0) is 5.56 Å². The molecule has 0 radical (unpaired) electrons. The molecule has 1 aromatic rings. The Bertz CT molecular complexity index is 552. The molecule has 7 heteroatoms. The van der Waals surface area contributed by atoms with E-state index in [1.165, 1.54) is 0 Å². The van der Waals surface area contributed by atoms with Gasteiger partial charge in [0.1, 0.15) is 0 Å². The number of hydrogen-bond donors (Lipinski definition) is 1. The third-order valence-corrected chi connectivity index (χ3v) is 4.25. The van der Waals surface area contributed by atoms with Crippen LogP contribution in [0.25, 0.3) is 0 Å². The van der Waals surface area contributed by atoms with Crippen LogP contribution >= 0.6 is 0 Å². The van der Waals surface area contributed by atoms with E-state index >= 15 is 0 Å². The molecule has 0 aliphatic carbocycles. The molecule has 1 aliphatic heterocycles. The minimum absolute atomic E-state index is 0.214. The molecule has 96 valence electrons. The smallest absolute Gasteiger partial charge is 0.241 e. The van der Waals surface area contributed by atoms with Crippen LogP contribution in [0.5, 0.6) is 0 Å². The van der Waals surface area contributed by atoms with E-state index < -0.39 is 21.8 Å². The van der Waals surface area contributed by atoms with Crippen LogP contribution < -0.4 is 5.32 Å². The van der Waals surface area contributed by atoms with Crippen LogP contribution in [0.4, 0.5) is 0 Å². The first-order valence-electron chi connectivity index (χ1n) is 5.32. The van der Waals surface area contributed by atoms with E-state index in [4.69, 9.17) is 0 Å². The number of nitrogens with one attached hydrogen (secondary N) is 1. The number of carbonyl (C=O) groups excluding carboxylic acids is 2. The predicted molar refractivity (Wildman–Crippen MR) is 63.8 cm³/mol. The zero-order valence-corrected chi connectivity index (χ0v) is 10.3. The summed E-state index contributed by atoms with van der Waals surface area (Å²) in [5.74, 6) is -1.40.